The Bertz CT molecular complexity index is 1430. The van der Waals surface area contributed by atoms with Crippen molar-refractivity contribution in [2.75, 3.05) is 31.5 Å². The Balaban J connectivity index is 0.00000164. The van der Waals surface area contributed by atoms with Crippen molar-refractivity contribution in [3.05, 3.63) is 65.9 Å². The first kappa shape index (κ1) is 26.9. The van der Waals surface area contributed by atoms with Crippen molar-refractivity contribution < 1.29 is 14.0 Å². The molecule has 198 valence electrons. The van der Waals surface area contributed by atoms with Gasteiger partial charge in [0.15, 0.2) is 5.82 Å². The topological polar surface area (TPSA) is 116 Å². The first-order valence-corrected chi connectivity index (χ1v) is 12.8. The summed E-state index contributed by atoms with van der Waals surface area (Å²) in [6.45, 7) is 10.3. The summed E-state index contributed by atoms with van der Waals surface area (Å²) in [5.41, 5.74) is 2.86. The van der Waals surface area contributed by atoms with Gasteiger partial charge in [-0.05, 0) is 36.2 Å². The number of aromatic amines is 1. The van der Waals surface area contributed by atoms with Crippen LogP contribution in [-0.2, 0) is 4.79 Å². The number of halogens is 1. The van der Waals surface area contributed by atoms with Crippen molar-refractivity contribution in [2.45, 2.75) is 33.6 Å². The van der Waals surface area contributed by atoms with Crippen LogP contribution < -0.4 is 10.6 Å². The zero-order chi connectivity index (χ0) is 27.2. The molecule has 0 spiro atoms. The molecule has 4 heterocycles. The fourth-order valence-corrected chi connectivity index (χ4v) is 4.25. The highest BCUT2D eigenvalue weighted by Crippen LogP contribution is 2.32. The predicted octanol–water partition coefficient (Wildman–Crippen LogP) is 4.67. The molecule has 0 atom stereocenters. The summed E-state index contributed by atoms with van der Waals surface area (Å²) in [4.78, 5) is 44.3. The van der Waals surface area contributed by atoms with Crippen molar-refractivity contribution in [2.24, 2.45) is 0 Å². The summed E-state index contributed by atoms with van der Waals surface area (Å²) in [6, 6.07) is 7.72. The lowest BCUT2D eigenvalue weighted by molar-refractivity contribution is -0.126. The van der Waals surface area contributed by atoms with Crippen LogP contribution in [0.5, 0.6) is 0 Å². The molecule has 0 bridgehead atoms. The third-order valence-corrected chi connectivity index (χ3v) is 6.21. The molecule has 5 rings (SSSR count). The molecule has 4 aromatic rings. The van der Waals surface area contributed by atoms with Gasteiger partial charge in [0.05, 0.1) is 16.6 Å². The van der Waals surface area contributed by atoms with Crippen molar-refractivity contribution in [1.82, 2.24) is 30.2 Å². The van der Waals surface area contributed by atoms with Crippen molar-refractivity contribution in [3.63, 3.8) is 0 Å². The molecule has 1 amide bonds. The van der Waals surface area contributed by atoms with Gasteiger partial charge in [-0.25, -0.2) is 19.3 Å². The van der Waals surface area contributed by atoms with E-state index in [0.29, 0.717) is 60.1 Å². The minimum Gasteiger partial charge on any atom is -0.345 e. The van der Waals surface area contributed by atoms with Gasteiger partial charge in [-0.3, -0.25) is 9.59 Å². The molecule has 1 aromatic carbocycles. The van der Waals surface area contributed by atoms with E-state index in [1.807, 2.05) is 27.7 Å². The predicted molar refractivity (Wildman–Crippen MR) is 146 cm³/mol. The molecule has 0 aliphatic carbocycles. The summed E-state index contributed by atoms with van der Waals surface area (Å²) in [7, 11) is 0. The summed E-state index contributed by atoms with van der Waals surface area (Å²) in [5, 5.41) is 7.04. The molecule has 1 aliphatic rings. The molecular weight excluding hydrogens is 485 g/mol. The molecule has 3 aromatic heterocycles. The molecule has 0 saturated carbocycles. The minimum atomic E-state index is -0.585. The van der Waals surface area contributed by atoms with Gasteiger partial charge in [0.25, 0.3) is 11.7 Å². The Labute approximate surface area is 220 Å². The Morgan fingerprint density at radius 3 is 2.45 bits per heavy atom. The van der Waals surface area contributed by atoms with E-state index in [1.54, 1.807) is 35.5 Å². The van der Waals surface area contributed by atoms with Crippen LogP contribution in [0.4, 0.5) is 15.9 Å². The number of benzene rings is 1. The summed E-state index contributed by atoms with van der Waals surface area (Å²) < 4.78 is 13.4. The van der Waals surface area contributed by atoms with Gasteiger partial charge in [-0.2, -0.15) is 0 Å². The molecule has 1 fully saturated rings. The number of hydrogen-bond donors (Lipinski definition) is 3. The van der Waals surface area contributed by atoms with Crippen LogP contribution in [-0.4, -0.2) is 62.7 Å². The maximum Gasteiger partial charge on any atom is 0.295 e. The molecule has 1 saturated heterocycles. The minimum absolute atomic E-state index is 0.105. The number of fused-ring (bicyclic) bond motifs is 1. The molecule has 38 heavy (non-hydrogen) atoms. The summed E-state index contributed by atoms with van der Waals surface area (Å²) >= 11 is 0. The second kappa shape index (κ2) is 11.9. The number of anilines is 2. The number of amides is 1. The van der Waals surface area contributed by atoms with Crippen molar-refractivity contribution in [3.8, 4) is 11.4 Å². The van der Waals surface area contributed by atoms with Gasteiger partial charge in [-0.1, -0.05) is 27.7 Å². The molecule has 9 nitrogen and oxygen atoms in total. The fraction of sp³-hybridized carbons (Fsp3) is 0.321. The number of pyridine rings is 1. The van der Waals surface area contributed by atoms with Gasteiger partial charge >= 0.3 is 0 Å². The van der Waals surface area contributed by atoms with E-state index in [-0.39, 0.29) is 17.3 Å². The van der Waals surface area contributed by atoms with E-state index in [1.165, 1.54) is 18.3 Å². The summed E-state index contributed by atoms with van der Waals surface area (Å²) in [5.74, 6) is -0.358. The van der Waals surface area contributed by atoms with Crippen LogP contribution in [0.3, 0.4) is 0 Å². The third-order valence-electron chi connectivity index (χ3n) is 6.21. The lowest BCUT2D eigenvalue weighted by Gasteiger charge is -2.26. The highest BCUT2D eigenvalue weighted by Gasteiger charge is 2.28. The molecule has 0 radical (unpaired) electrons. The van der Waals surface area contributed by atoms with Crippen molar-refractivity contribution in [1.29, 1.82) is 0 Å². The number of rotatable bonds is 6. The largest absolute Gasteiger partial charge is 0.345 e. The normalized spacial score (nSPS) is 13.3. The first-order valence-electron chi connectivity index (χ1n) is 12.8. The van der Waals surface area contributed by atoms with Gasteiger partial charge in [-0.15, -0.1) is 0 Å². The zero-order valence-electron chi connectivity index (χ0n) is 22.0. The summed E-state index contributed by atoms with van der Waals surface area (Å²) in [6.07, 6.45) is 4.89. The van der Waals surface area contributed by atoms with E-state index in [0.717, 1.165) is 5.56 Å². The zero-order valence-corrected chi connectivity index (χ0v) is 22.0. The Morgan fingerprint density at radius 2 is 1.76 bits per heavy atom. The van der Waals surface area contributed by atoms with Gasteiger partial charge in [0, 0.05) is 55.9 Å². The number of hydrogen-bond acceptors (Lipinski definition) is 7. The second-order valence-electron chi connectivity index (χ2n) is 8.94. The number of carbonyl (C=O) groups excluding carboxylic acids is 2. The first-order chi connectivity index (χ1) is 18.4. The Morgan fingerprint density at radius 1 is 1.05 bits per heavy atom. The van der Waals surface area contributed by atoms with Gasteiger partial charge in [0.2, 0.25) is 0 Å². The number of piperazine rings is 1. The number of Topliss-reactive ketones (excluding diaryl/α,β-unsaturated/α-hetero) is 1. The van der Waals surface area contributed by atoms with Crippen LogP contribution in [0.1, 0.15) is 49.5 Å². The van der Waals surface area contributed by atoms with E-state index in [4.69, 9.17) is 4.98 Å². The Hall–Kier alpha value is -4.18. The number of aromatic nitrogens is 4. The van der Waals surface area contributed by atoms with Gasteiger partial charge in [0.1, 0.15) is 17.3 Å². The molecule has 0 unspecified atom stereocenters. The van der Waals surface area contributed by atoms with Crippen LogP contribution >= 0.6 is 0 Å². The number of nitrogens with zero attached hydrogens (tertiary/aromatic N) is 4. The van der Waals surface area contributed by atoms with Crippen LogP contribution in [0.25, 0.3) is 22.4 Å². The maximum atomic E-state index is 13.4. The average Bonchev–Trinajstić information content (AvgIpc) is 3.39. The molecule has 1 aliphatic heterocycles. The second-order valence-corrected chi connectivity index (χ2v) is 8.94. The highest BCUT2D eigenvalue weighted by molar-refractivity contribution is 6.45. The third kappa shape index (κ3) is 5.55. The highest BCUT2D eigenvalue weighted by atomic mass is 19.1. The maximum absolute atomic E-state index is 13.4. The number of carbonyl (C=O) groups is 2. The number of H-pyrrole nitrogens is 1. The number of nitrogens with one attached hydrogen (secondary N) is 3. The SMILES string of the molecule is CC.CC(C)c1cnc(-c2ccc(F)cc2)nc1Nc1ccnc2[nH]cc(C(=O)C(=O)N3CCNCC3)c12. The van der Waals surface area contributed by atoms with Crippen LogP contribution in [0, 0.1) is 5.82 Å². The van der Waals surface area contributed by atoms with Crippen LogP contribution in [0.15, 0.2) is 48.9 Å². The lowest BCUT2D eigenvalue weighted by Crippen LogP contribution is -2.48. The molecular formula is C28H32FN7O2. The van der Waals surface area contributed by atoms with Crippen LogP contribution in [0.2, 0.25) is 0 Å². The van der Waals surface area contributed by atoms with Crippen molar-refractivity contribution >= 4 is 34.2 Å². The number of ketones is 1. The van der Waals surface area contributed by atoms with E-state index < -0.39 is 11.7 Å². The standard InChI is InChI=1S/C26H26FN7O2.C2H6/c1-15(2)18-13-30-23(16-3-5-17(27)6-4-16)33-24(18)32-20-7-8-29-25-21(20)19(14-31-25)22(35)26(36)34-11-9-28-10-12-34;1-2/h3-8,13-15,28H,9-12H2,1-2H3,(H2,29,30,31,32,33);1-2H3. The van der Waals surface area contributed by atoms with E-state index >= 15 is 0 Å². The molecule has 3 N–H and O–H groups in total. The van der Waals surface area contributed by atoms with Gasteiger partial charge < -0.3 is 20.5 Å². The Kier molecular flexibility index (Phi) is 8.42. The quantitative estimate of drug-likeness (QED) is 0.251. The lowest BCUT2D eigenvalue weighted by atomic mass is 10.0. The average molecular weight is 518 g/mol. The smallest absolute Gasteiger partial charge is 0.295 e. The monoisotopic (exact) mass is 517 g/mol. The molecule has 10 heteroatoms. The van der Waals surface area contributed by atoms with E-state index in [2.05, 4.69) is 25.6 Å². The van der Waals surface area contributed by atoms with E-state index in [9.17, 15) is 14.0 Å². The fourth-order valence-electron chi connectivity index (χ4n) is 4.25.